The third-order valence-corrected chi connectivity index (χ3v) is 4.41. The highest BCUT2D eigenvalue weighted by molar-refractivity contribution is 5.78. The van der Waals surface area contributed by atoms with Gasteiger partial charge in [-0.15, -0.1) is 0 Å². The smallest absolute Gasteiger partial charge is 0.342 e. The van der Waals surface area contributed by atoms with E-state index in [9.17, 15) is 13.2 Å². The molecular weight excluding hydrogens is 279 g/mol. The Balaban J connectivity index is 1.80. The maximum absolute atomic E-state index is 12.7. The fourth-order valence-electron chi connectivity index (χ4n) is 3.16. The van der Waals surface area contributed by atoms with Crippen LogP contribution >= 0.6 is 0 Å². The van der Waals surface area contributed by atoms with Crippen LogP contribution in [0.2, 0.25) is 0 Å². The molecule has 3 N–H and O–H groups in total. The summed E-state index contributed by atoms with van der Waals surface area (Å²) < 4.78 is 38.1. The van der Waals surface area contributed by atoms with Crippen LogP contribution in [-0.2, 0) is 6.54 Å². The number of hydrogen-bond donors (Lipinski definition) is 2. The summed E-state index contributed by atoms with van der Waals surface area (Å²) in [5, 5.41) is 0. The largest absolute Gasteiger partial charge is 0.391 e. The van der Waals surface area contributed by atoms with E-state index in [4.69, 9.17) is 5.73 Å². The Morgan fingerprint density at radius 1 is 1.19 bits per heavy atom. The number of benzene rings is 1. The predicted octanol–water partition coefficient (Wildman–Crippen LogP) is 3.86. The number of rotatable bonds is 2. The Morgan fingerprint density at radius 2 is 1.90 bits per heavy atom. The van der Waals surface area contributed by atoms with Gasteiger partial charge in [-0.3, -0.25) is 0 Å². The third kappa shape index (κ3) is 2.77. The lowest BCUT2D eigenvalue weighted by Crippen LogP contribution is -2.27. The van der Waals surface area contributed by atoms with Crippen molar-refractivity contribution >= 4 is 11.0 Å². The molecule has 0 saturated heterocycles. The molecule has 1 heterocycles. The summed E-state index contributed by atoms with van der Waals surface area (Å²) in [5.41, 5.74) is 8.40. The molecule has 1 aliphatic rings. The van der Waals surface area contributed by atoms with Crippen LogP contribution in [0.3, 0.4) is 0 Å². The van der Waals surface area contributed by atoms with Crippen molar-refractivity contribution in [2.45, 2.75) is 44.3 Å². The number of H-pyrrole nitrogens is 1. The molecule has 0 unspecified atom stereocenters. The average molecular weight is 297 g/mol. The van der Waals surface area contributed by atoms with Gasteiger partial charge in [-0.05, 0) is 37.3 Å². The molecule has 1 aliphatic carbocycles. The van der Waals surface area contributed by atoms with Gasteiger partial charge in [0, 0.05) is 12.5 Å². The van der Waals surface area contributed by atoms with Crippen LogP contribution in [0, 0.1) is 5.92 Å². The van der Waals surface area contributed by atoms with Crippen LogP contribution in [0.15, 0.2) is 18.2 Å². The van der Waals surface area contributed by atoms with Gasteiger partial charge in [-0.2, -0.15) is 13.2 Å². The number of nitrogens with zero attached hydrogens (tertiary/aromatic N) is 1. The number of halogens is 3. The second-order valence-electron chi connectivity index (χ2n) is 5.73. The van der Waals surface area contributed by atoms with Gasteiger partial charge in [-0.1, -0.05) is 12.1 Å². The first kappa shape index (κ1) is 14.4. The van der Waals surface area contributed by atoms with Crippen LogP contribution in [0.5, 0.6) is 0 Å². The molecule has 6 heteroatoms. The quantitative estimate of drug-likeness (QED) is 0.884. The van der Waals surface area contributed by atoms with Crippen molar-refractivity contribution in [2.75, 3.05) is 0 Å². The van der Waals surface area contributed by atoms with Gasteiger partial charge in [0.15, 0.2) is 0 Å². The molecule has 21 heavy (non-hydrogen) atoms. The van der Waals surface area contributed by atoms with Crippen LogP contribution in [-0.4, -0.2) is 16.1 Å². The minimum Gasteiger partial charge on any atom is -0.342 e. The van der Waals surface area contributed by atoms with Crippen LogP contribution < -0.4 is 5.73 Å². The lowest BCUT2D eigenvalue weighted by Gasteiger charge is -2.28. The molecule has 1 saturated carbocycles. The molecule has 0 amide bonds. The van der Waals surface area contributed by atoms with E-state index in [2.05, 4.69) is 9.97 Å². The van der Waals surface area contributed by atoms with Crippen molar-refractivity contribution in [3.8, 4) is 0 Å². The zero-order chi connectivity index (χ0) is 15.0. The molecule has 2 aromatic rings. The van der Waals surface area contributed by atoms with Crippen molar-refractivity contribution < 1.29 is 13.2 Å². The molecule has 3 rings (SSSR count). The molecule has 0 atom stereocenters. The van der Waals surface area contributed by atoms with Crippen molar-refractivity contribution in [3.63, 3.8) is 0 Å². The number of nitrogens with two attached hydrogens (primary N) is 1. The average Bonchev–Trinajstić information content (AvgIpc) is 2.90. The zero-order valence-corrected chi connectivity index (χ0v) is 11.6. The lowest BCUT2D eigenvalue weighted by molar-refractivity contribution is -0.182. The number of imidazole rings is 1. The monoisotopic (exact) mass is 297 g/mol. The first-order valence-corrected chi connectivity index (χ1v) is 7.23. The molecular formula is C15H18F3N3. The maximum atomic E-state index is 12.7. The third-order valence-electron chi connectivity index (χ3n) is 4.41. The Kier molecular flexibility index (Phi) is 3.65. The number of para-hydroxylation sites is 1. The highest BCUT2D eigenvalue weighted by Crippen LogP contribution is 2.42. The van der Waals surface area contributed by atoms with E-state index in [-0.39, 0.29) is 18.8 Å². The summed E-state index contributed by atoms with van der Waals surface area (Å²) in [4.78, 5) is 7.82. The predicted molar refractivity (Wildman–Crippen MR) is 74.7 cm³/mol. The number of hydrogen-bond acceptors (Lipinski definition) is 2. The normalized spacial score (nSPS) is 23.6. The van der Waals surface area contributed by atoms with Gasteiger partial charge in [0.05, 0.1) is 17.0 Å². The van der Waals surface area contributed by atoms with Crippen molar-refractivity contribution in [3.05, 3.63) is 29.6 Å². The number of alkyl halides is 3. The number of fused-ring (bicyclic) bond motifs is 1. The fraction of sp³-hybridized carbons (Fsp3) is 0.533. The summed E-state index contributed by atoms with van der Waals surface area (Å²) >= 11 is 0. The van der Waals surface area contributed by atoms with E-state index in [1.165, 1.54) is 0 Å². The number of nitrogens with one attached hydrogen (secondary N) is 1. The van der Waals surface area contributed by atoms with Gasteiger partial charge < -0.3 is 10.7 Å². The molecule has 1 fully saturated rings. The lowest BCUT2D eigenvalue weighted by atomic mass is 9.81. The Labute approximate surface area is 120 Å². The van der Waals surface area contributed by atoms with Gasteiger partial charge in [0.1, 0.15) is 5.82 Å². The van der Waals surface area contributed by atoms with E-state index in [1.807, 2.05) is 18.2 Å². The van der Waals surface area contributed by atoms with Gasteiger partial charge >= 0.3 is 6.18 Å². The van der Waals surface area contributed by atoms with Crippen LogP contribution in [0.25, 0.3) is 11.0 Å². The van der Waals surface area contributed by atoms with Crippen molar-refractivity contribution in [2.24, 2.45) is 11.7 Å². The second-order valence-corrected chi connectivity index (χ2v) is 5.73. The van der Waals surface area contributed by atoms with E-state index < -0.39 is 12.1 Å². The first-order chi connectivity index (χ1) is 9.99. The summed E-state index contributed by atoms with van der Waals surface area (Å²) in [7, 11) is 0. The highest BCUT2D eigenvalue weighted by atomic mass is 19.4. The Morgan fingerprint density at radius 3 is 2.52 bits per heavy atom. The summed E-state index contributed by atoms with van der Waals surface area (Å²) in [5.74, 6) is -0.272. The molecule has 0 radical (unpaired) electrons. The molecule has 0 bridgehead atoms. The minimum atomic E-state index is -4.06. The van der Waals surface area contributed by atoms with Crippen LogP contribution in [0.4, 0.5) is 13.2 Å². The second kappa shape index (κ2) is 5.33. The molecule has 3 nitrogen and oxygen atoms in total. The van der Waals surface area contributed by atoms with Gasteiger partial charge in [-0.25, -0.2) is 4.98 Å². The standard InChI is InChI=1S/C15H18F3N3/c16-15(17,18)11-6-4-9(5-7-11)14-20-12-3-1-2-10(8-19)13(12)21-14/h1-3,9,11H,4-8,19H2,(H,20,21). The van der Waals surface area contributed by atoms with Crippen molar-refractivity contribution in [1.82, 2.24) is 9.97 Å². The summed E-state index contributed by atoms with van der Waals surface area (Å²) in [6.07, 6.45) is -2.63. The molecule has 114 valence electrons. The molecule has 1 aromatic heterocycles. The summed E-state index contributed by atoms with van der Waals surface area (Å²) in [6, 6.07) is 5.76. The van der Waals surface area contributed by atoms with Gasteiger partial charge in [0.2, 0.25) is 0 Å². The minimum absolute atomic E-state index is 0.0848. The molecule has 0 spiro atoms. The Bertz CT molecular complexity index is 625. The van der Waals surface area contributed by atoms with Gasteiger partial charge in [0.25, 0.3) is 0 Å². The van der Waals surface area contributed by atoms with E-state index >= 15 is 0 Å². The highest BCUT2D eigenvalue weighted by Gasteiger charge is 2.41. The number of aromatic amines is 1. The zero-order valence-electron chi connectivity index (χ0n) is 11.6. The Hall–Kier alpha value is -1.56. The fourth-order valence-corrected chi connectivity index (χ4v) is 3.16. The van der Waals surface area contributed by atoms with E-state index in [0.29, 0.717) is 19.4 Å². The van der Waals surface area contributed by atoms with Crippen LogP contribution in [0.1, 0.15) is 43.0 Å². The first-order valence-electron chi connectivity index (χ1n) is 7.23. The van der Waals surface area contributed by atoms with E-state index in [0.717, 1.165) is 22.4 Å². The van der Waals surface area contributed by atoms with Crippen molar-refractivity contribution in [1.29, 1.82) is 0 Å². The number of aromatic nitrogens is 2. The molecule has 0 aliphatic heterocycles. The van der Waals surface area contributed by atoms with E-state index in [1.54, 1.807) is 0 Å². The summed E-state index contributed by atoms with van der Waals surface area (Å²) in [6.45, 7) is 0.405. The maximum Gasteiger partial charge on any atom is 0.391 e. The SMILES string of the molecule is NCc1cccc2[nH]c(C3CCC(C(F)(F)F)CC3)nc12. The molecule has 1 aromatic carbocycles. The topological polar surface area (TPSA) is 54.7 Å².